The van der Waals surface area contributed by atoms with E-state index in [9.17, 15) is 4.79 Å². The number of carbonyl (C=O) groups is 3. The maximum absolute atomic E-state index is 12.3. The van der Waals surface area contributed by atoms with Crippen molar-refractivity contribution < 1.29 is 29.3 Å². The van der Waals surface area contributed by atoms with Gasteiger partial charge in [0.15, 0.2) is 0 Å². The molecular formula is C16H21N3O6-2. The largest absolute Gasteiger partial charge is 0.543 e. The van der Waals surface area contributed by atoms with Crippen LogP contribution < -0.4 is 14.9 Å². The predicted octanol–water partition coefficient (Wildman–Crippen LogP) is -2.26. The summed E-state index contributed by atoms with van der Waals surface area (Å²) < 4.78 is 5.91. The van der Waals surface area contributed by atoms with Gasteiger partial charge in [0.1, 0.15) is 11.7 Å². The molecule has 0 fully saturated rings. The van der Waals surface area contributed by atoms with Crippen molar-refractivity contribution in [2.75, 3.05) is 33.7 Å². The van der Waals surface area contributed by atoms with Gasteiger partial charge < -0.3 is 34.3 Å². The van der Waals surface area contributed by atoms with Crippen LogP contribution in [0.5, 0.6) is 5.88 Å². The minimum atomic E-state index is -2.19. The lowest BCUT2D eigenvalue weighted by molar-refractivity contribution is -0.345. The number of carbonyl (C=O) groups excluding carboxylic acids is 3. The van der Waals surface area contributed by atoms with Crippen molar-refractivity contribution >= 4 is 17.8 Å². The highest BCUT2D eigenvalue weighted by Gasteiger charge is 2.28. The zero-order chi connectivity index (χ0) is 19.0. The fourth-order valence-electron chi connectivity index (χ4n) is 2.17. The van der Waals surface area contributed by atoms with Crippen molar-refractivity contribution in [2.45, 2.75) is 19.4 Å². The molecule has 9 heteroatoms. The molecule has 2 rings (SSSR count). The van der Waals surface area contributed by atoms with Crippen LogP contribution in [0.1, 0.15) is 23.7 Å². The topological polar surface area (TPSA) is 126 Å². The van der Waals surface area contributed by atoms with Gasteiger partial charge in [-0.15, -0.1) is 0 Å². The molecule has 138 valence electrons. The second-order valence-corrected chi connectivity index (χ2v) is 5.61. The summed E-state index contributed by atoms with van der Waals surface area (Å²) in [5.74, 6) is -3.89. The van der Waals surface area contributed by atoms with Gasteiger partial charge in [-0.05, 0) is 39.6 Å². The molecule has 0 saturated carbocycles. The van der Waals surface area contributed by atoms with E-state index in [4.69, 9.17) is 24.5 Å². The Bertz CT molecular complexity index is 608. The third-order valence-corrected chi connectivity index (χ3v) is 3.44. The molecule has 1 aromatic heterocycles. The molecule has 1 unspecified atom stereocenters. The fraction of sp³-hybridized carbons (Fsp3) is 0.500. The van der Waals surface area contributed by atoms with E-state index in [1.54, 1.807) is 18.3 Å². The van der Waals surface area contributed by atoms with Crippen LogP contribution in [0.25, 0.3) is 0 Å². The zero-order valence-corrected chi connectivity index (χ0v) is 14.4. The molecule has 0 aromatic carbocycles. The first-order chi connectivity index (χ1) is 11.8. The Balaban J connectivity index is 0.000000450. The summed E-state index contributed by atoms with van der Waals surface area (Å²) in [7, 11) is 4.07. The molecule has 9 nitrogen and oxygen atoms in total. The summed E-state index contributed by atoms with van der Waals surface area (Å²) in [6.07, 6.45) is 2.55. The number of carboxylic acid groups (broad SMARTS) is 2. The third kappa shape index (κ3) is 6.38. The highest BCUT2D eigenvalue weighted by atomic mass is 16.5. The van der Waals surface area contributed by atoms with Crippen LogP contribution in [0.2, 0.25) is 0 Å². The molecule has 2 heterocycles. The number of hydrogen-bond donors (Lipinski definition) is 0. The quantitative estimate of drug-likeness (QED) is 0.557. The molecule has 1 aromatic rings. The van der Waals surface area contributed by atoms with E-state index < -0.39 is 11.9 Å². The van der Waals surface area contributed by atoms with E-state index in [1.165, 1.54) is 0 Å². The first-order valence-corrected chi connectivity index (χ1v) is 7.74. The van der Waals surface area contributed by atoms with E-state index in [-0.39, 0.29) is 12.0 Å². The summed E-state index contributed by atoms with van der Waals surface area (Å²) in [5.41, 5.74) is 0.566. The van der Waals surface area contributed by atoms with Gasteiger partial charge >= 0.3 is 0 Å². The number of likely N-dealkylation sites (N-methyl/N-ethyl adjacent to an activating group) is 1. The second-order valence-electron chi connectivity index (χ2n) is 5.61. The lowest BCUT2D eigenvalue weighted by atomic mass is 10.2. The van der Waals surface area contributed by atoms with Crippen molar-refractivity contribution in [2.24, 2.45) is 0 Å². The Morgan fingerprint density at radius 3 is 2.52 bits per heavy atom. The monoisotopic (exact) mass is 351 g/mol. The number of hydrogen-bond acceptors (Lipinski definition) is 8. The molecule has 0 radical (unpaired) electrons. The van der Waals surface area contributed by atoms with Crippen LogP contribution >= 0.6 is 0 Å². The van der Waals surface area contributed by atoms with Gasteiger partial charge in [0.05, 0.1) is 18.5 Å². The smallest absolute Gasteiger partial charge is 0.259 e. The molecule has 0 saturated heterocycles. The van der Waals surface area contributed by atoms with Crippen LogP contribution in [0, 0.1) is 0 Å². The lowest BCUT2D eigenvalue weighted by Gasteiger charge is -2.23. The fourth-order valence-corrected chi connectivity index (χ4v) is 2.17. The van der Waals surface area contributed by atoms with Crippen LogP contribution in [-0.4, -0.2) is 72.5 Å². The Morgan fingerprint density at radius 2 is 2.00 bits per heavy atom. The highest BCUT2D eigenvalue weighted by molar-refractivity contribution is 6.25. The number of fused-ring (bicyclic) bond motifs is 1. The van der Waals surface area contributed by atoms with Gasteiger partial charge in [-0.2, -0.15) is 0 Å². The average molecular weight is 351 g/mol. The minimum absolute atomic E-state index is 0.00227. The SMILES string of the molecule is CCN1CC(CCN(C)C)Oc2ncccc2C1=O.O=C([O-])C(=O)[O-]. The lowest BCUT2D eigenvalue weighted by Crippen LogP contribution is -2.42. The van der Waals surface area contributed by atoms with E-state index in [0.717, 1.165) is 13.0 Å². The molecule has 1 atom stereocenters. The van der Waals surface area contributed by atoms with Crippen molar-refractivity contribution in [3.8, 4) is 5.88 Å². The van der Waals surface area contributed by atoms with Gasteiger partial charge in [0, 0.05) is 19.3 Å². The summed E-state index contributed by atoms with van der Waals surface area (Å²) in [6, 6.07) is 3.55. The summed E-state index contributed by atoms with van der Waals surface area (Å²) in [5, 5.41) is 17.9. The third-order valence-electron chi connectivity index (χ3n) is 3.44. The molecule has 0 N–H and O–H groups in total. The minimum Gasteiger partial charge on any atom is -0.543 e. The van der Waals surface area contributed by atoms with Gasteiger partial charge in [-0.1, -0.05) is 0 Å². The summed E-state index contributed by atoms with van der Waals surface area (Å²) >= 11 is 0. The Hall–Kier alpha value is -2.68. The molecule has 1 aliphatic rings. The first-order valence-electron chi connectivity index (χ1n) is 7.74. The number of rotatable bonds is 4. The molecule has 1 amide bonds. The summed E-state index contributed by atoms with van der Waals surface area (Å²) in [6.45, 7) is 4.23. The summed E-state index contributed by atoms with van der Waals surface area (Å²) in [4.78, 5) is 38.3. The molecule has 25 heavy (non-hydrogen) atoms. The number of carboxylic acids is 2. The van der Waals surface area contributed by atoms with E-state index in [0.29, 0.717) is 24.5 Å². The number of ether oxygens (including phenoxy) is 1. The maximum atomic E-state index is 12.3. The predicted molar refractivity (Wildman–Crippen MR) is 83.4 cm³/mol. The van der Waals surface area contributed by atoms with Crippen molar-refractivity contribution in [1.29, 1.82) is 0 Å². The molecule has 1 aliphatic heterocycles. The molecule has 0 aliphatic carbocycles. The van der Waals surface area contributed by atoms with Gasteiger partial charge in [-0.3, -0.25) is 4.79 Å². The van der Waals surface area contributed by atoms with Crippen LogP contribution in [0.4, 0.5) is 0 Å². The Kier molecular flexibility index (Phi) is 7.80. The van der Waals surface area contributed by atoms with Gasteiger partial charge in [0.2, 0.25) is 5.88 Å². The molecule has 0 spiro atoms. The normalized spacial score (nSPS) is 16.2. The zero-order valence-electron chi connectivity index (χ0n) is 14.4. The number of pyridine rings is 1. The molecule has 0 bridgehead atoms. The number of aliphatic carboxylic acids is 2. The van der Waals surface area contributed by atoms with Crippen molar-refractivity contribution in [3.05, 3.63) is 23.9 Å². The molecular weight excluding hydrogens is 330 g/mol. The van der Waals surface area contributed by atoms with E-state index in [1.807, 2.05) is 25.9 Å². The number of nitrogens with zero attached hydrogens (tertiary/aromatic N) is 3. The van der Waals surface area contributed by atoms with Gasteiger partial charge in [0.25, 0.3) is 5.91 Å². The van der Waals surface area contributed by atoms with E-state index >= 15 is 0 Å². The maximum Gasteiger partial charge on any atom is 0.259 e. The Morgan fingerprint density at radius 1 is 1.36 bits per heavy atom. The first kappa shape index (κ1) is 20.4. The second kappa shape index (κ2) is 9.58. The van der Waals surface area contributed by atoms with E-state index in [2.05, 4.69) is 9.88 Å². The van der Waals surface area contributed by atoms with Crippen LogP contribution in [0.3, 0.4) is 0 Å². The number of amides is 1. The van der Waals surface area contributed by atoms with Crippen LogP contribution in [-0.2, 0) is 9.59 Å². The van der Waals surface area contributed by atoms with Gasteiger partial charge in [-0.25, -0.2) is 4.98 Å². The van der Waals surface area contributed by atoms with Crippen molar-refractivity contribution in [3.63, 3.8) is 0 Å². The average Bonchev–Trinajstić information content (AvgIpc) is 2.70. The highest BCUT2D eigenvalue weighted by Crippen LogP contribution is 2.23. The Labute approximate surface area is 145 Å². The van der Waals surface area contributed by atoms with Crippen molar-refractivity contribution in [1.82, 2.24) is 14.8 Å². The number of aromatic nitrogens is 1. The standard InChI is InChI=1S/C14H21N3O2.C2H2O4/c1-4-17-10-11(7-9-16(2)3)19-13-12(14(17)18)6-5-8-15-13;3-1(4)2(5)6/h5-6,8,11H,4,7,9-10H2,1-3H3;(H,3,4)(H,5,6)/p-2. The van der Waals surface area contributed by atoms with Crippen LogP contribution in [0.15, 0.2) is 18.3 Å².